The molecule has 2 amide bonds. The van der Waals surface area contributed by atoms with Gasteiger partial charge in [0.15, 0.2) is 31.1 Å². The minimum absolute atomic E-state index is 0.107. The molecule has 42 heteroatoms. The van der Waals surface area contributed by atoms with Crippen LogP contribution in [0.15, 0.2) is 0 Å². The van der Waals surface area contributed by atoms with Gasteiger partial charge in [0.25, 0.3) is 0 Å². The number of carboxylic acid groups (broad SMARTS) is 2. The van der Waals surface area contributed by atoms with Gasteiger partial charge in [-0.1, -0.05) is 6.92 Å². The third kappa shape index (κ3) is 27.9. The number of aliphatic hydroxyl groups is 14. The van der Waals surface area contributed by atoms with Crippen molar-refractivity contribution < 1.29 is 196 Å². The van der Waals surface area contributed by atoms with Crippen molar-refractivity contribution in [1.82, 2.24) is 10.6 Å². The number of unbranched alkanes of at least 4 members (excludes halogenated alkanes) is 2. The molecule has 109 heavy (non-hydrogen) atoms. The Kier molecular flexibility index (Phi) is 41.1. The first-order chi connectivity index (χ1) is 51.9. The average molecular weight is 1590 g/mol. The Balaban J connectivity index is 0.865. The zero-order chi connectivity index (χ0) is 80.3. The minimum Gasteiger partial charge on any atom is -0.479 e. The molecule has 0 bridgehead atoms. The molecule has 6 aliphatic rings. The van der Waals surface area contributed by atoms with Gasteiger partial charge in [0.1, 0.15) is 146 Å². The number of carbonyl (C=O) groups excluding carboxylic acids is 2. The molecule has 6 aliphatic heterocycles. The zero-order valence-electron chi connectivity index (χ0n) is 62.4. The second-order valence-corrected chi connectivity index (χ2v) is 27.7. The Morgan fingerprint density at radius 3 is 1.18 bits per heavy atom. The van der Waals surface area contributed by atoms with E-state index in [1.165, 1.54) is 21.0 Å². The van der Waals surface area contributed by atoms with E-state index in [2.05, 4.69) is 10.6 Å². The third-order valence-electron chi connectivity index (χ3n) is 19.0. The summed E-state index contributed by atoms with van der Waals surface area (Å²) in [6.07, 6.45) is -42.8. The molecular weight excluding hydrogens is 1470 g/mol. The van der Waals surface area contributed by atoms with Crippen LogP contribution in [0.4, 0.5) is 0 Å². The minimum atomic E-state index is -1.84. The van der Waals surface area contributed by atoms with E-state index >= 15 is 0 Å². The largest absolute Gasteiger partial charge is 0.479 e. The van der Waals surface area contributed by atoms with Gasteiger partial charge in [-0.3, -0.25) is 9.59 Å². The Hall–Kier alpha value is -3.48. The number of rotatable bonds is 48. The standard InChI is InChI=1S/C67H118N2O40/c1-9-38-45(76)49(80)46(77)41(104-38)29-101-65-52(83)50(81)55(42(105-65)26-90-6)99-24-36(74)20-95-16-12-10-14-93-19-35(73)23-98-28-40-48(79)57(44(31(3)103-40)69-33(5)71)107-67-60(54(85)59(92-8)62(109-67)64(88)89)100-25-37(75)21-96-17-13-11-15-94-18-34(72)22-97-27-39-47(78)56(43(30(2)102-39)68-32(4)70)106-66-53(84)51(82)58(91-7)61(108-66)63(86)87/h30-31,34-62,65-67,72-85H,9-29H2,1-8H3,(H,68,70)(H,69,71)(H,86,87)(H,88,89)/t30?,31?,34?,35?,36?,37?,38-,39?,40?,41?,42?,43?,44?,45?,46-,47-,48-,49-,50-,51-,52?,53?,54+,55-,56-,57-,58+,59+,60?,61?,62?,65+,66-,67-/m1/s1. The van der Waals surface area contributed by atoms with E-state index in [-0.39, 0.29) is 99.1 Å². The normalized spacial score (nSPS) is 38.4. The van der Waals surface area contributed by atoms with Crippen LogP contribution in [-0.4, -0.2) is 440 Å². The Morgan fingerprint density at radius 1 is 0.367 bits per heavy atom. The lowest BCUT2D eigenvalue weighted by molar-refractivity contribution is -0.335. The van der Waals surface area contributed by atoms with Crippen LogP contribution in [-0.2, 0) is 114 Å². The van der Waals surface area contributed by atoms with E-state index in [0.717, 1.165) is 14.2 Å². The van der Waals surface area contributed by atoms with Gasteiger partial charge in [0.05, 0.1) is 110 Å². The van der Waals surface area contributed by atoms with E-state index in [9.17, 15) is 101 Å². The molecule has 34 atom stereocenters. The van der Waals surface area contributed by atoms with Crippen molar-refractivity contribution in [3.8, 4) is 0 Å². The van der Waals surface area contributed by atoms with E-state index < -0.39 is 238 Å². The number of carbonyl (C=O) groups is 4. The second kappa shape index (κ2) is 47.5. The van der Waals surface area contributed by atoms with Crippen molar-refractivity contribution in [2.75, 3.05) is 127 Å². The predicted octanol–water partition coefficient (Wildman–Crippen LogP) is -8.96. The summed E-state index contributed by atoms with van der Waals surface area (Å²) in [5, 5.41) is 177. The summed E-state index contributed by atoms with van der Waals surface area (Å²) in [6, 6.07) is -2.16. The summed E-state index contributed by atoms with van der Waals surface area (Å²) in [5.74, 6) is -4.16. The number of methoxy groups -OCH3 is 3. The number of nitrogens with one attached hydrogen (secondary N) is 2. The van der Waals surface area contributed by atoms with Crippen LogP contribution in [0.25, 0.3) is 0 Å². The fourth-order valence-corrected chi connectivity index (χ4v) is 13.2. The highest BCUT2D eigenvalue weighted by Crippen LogP contribution is 2.35. The molecular formula is C67H118N2O40. The summed E-state index contributed by atoms with van der Waals surface area (Å²) < 4.78 is 114. The highest BCUT2D eigenvalue weighted by atomic mass is 16.8. The van der Waals surface area contributed by atoms with Gasteiger partial charge in [-0.05, 0) is 46.0 Å². The topological polar surface area (TPSA) is 601 Å². The van der Waals surface area contributed by atoms with Crippen LogP contribution in [0.2, 0.25) is 0 Å². The first kappa shape index (κ1) is 94.4. The van der Waals surface area contributed by atoms with Crippen LogP contribution in [0, 0.1) is 0 Å². The van der Waals surface area contributed by atoms with Crippen LogP contribution >= 0.6 is 0 Å². The van der Waals surface area contributed by atoms with Crippen molar-refractivity contribution in [3.05, 3.63) is 0 Å². The molecule has 636 valence electrons. The second-order valence-electron chi connectivity index (χ2n) is 27.7. The van der Waals surface area contributed by atoms with Gasteiger partial charge in [-0.15, -0.1) is 0 Å². The van der Waals surface area contributed by atoms with Gasteiger partial charge in [-0.2, -0.15) is 0 Å². The summed E-state index contributed by atoms with van der Waals surface area (Å²) in [6.45, 7) is 4.64. The van der Waals surface area contributed by atoms with E-state index in [4.69, 9.17) is 94.7 Å². The van der Waals surface area contributed by atoms with Crippen molar-refractivity contribution in [3.63, 3.8) is 0 Å². The zero-order valence-corrected chi connectivity index (χ0v) is 62.4. The molecule has 18 N–H and O–H groups in total. The summed E-state index contributed by atoms with van der Waals surface area (Å²) in [4.78, 5) is 49.0. The number of hydrogen-bond donors (Lipinski definition) is 18. The number of aliphatic carboxylic acids is 2. The maximum Gasteiger partial charge on any atom is 0.335 e. The summed E-state index contributed by atoms with van der Waals surface area (Å²) in [7, 11) is 3.63. The molecule has 6 fully saturated rings. The highest BCUT2D eigenvalue weighted by molar-refractivity contribution is 5.74. The van der Waals surface area contributed by atoms with Crippen LogP contribution in [0.5, 0.6) is 0 Å². The molecule has 42 nitrogen and oxygen atoms in total. The van der Waals surface area contributed by atoms with Gasteiger partial charge in [0, 0.05) is 61.6 Å². The first-order valence-electron chi connectivity index (χ1n) is 36.5. The lowest BCUT2D eigenvalue weighted by Gasteiger charge is -2.48. The van der Waals surface area contributed by atoms with Crippen molar-refractivity contribution in [2.45, 2.75) is 275 Å². The molecule has 6 saturated heterocycles. The lowest BCUT2D eigenvalue weighted by atomic mass is 9.92. The predicted molar refractivity (Wildman–Crippen MR) is 360 cm³/mol. The fraction of sp³-hybridized carbons (Fsp3) is 0.940. The van der Waals surface area contributed by atoms with Crippen molar-refractivity contribution in [1.29, 1.82) is 0 Å². The smallest absolute Gasteiger partial charge is 0.335 e. The molecule has 0 spiro atoms. The summed E-state index contributed by atoms with van der Waals surface area (Å²) >= 11 is 0. The van der Waals surface area contributed by atoms with E-state index in [1.807, 2.05) is 0 Å². The number of ether oxygens (including phenoxy) is 20. The highest BCUT2D eigenvalue weighted by Gasteiger charge is 2.56. The Morgan fingerprint density at radius 2 is 0.752 bits per heavy atom. The van der Waals surface area contributed by atoms with E-state index in [1.54, 1.807) is 20.8 Å². The molecule has 0 saturated carbocycles. The SMILES string of the molecule is CC[C@H]1OC(CO[C@H]2OC(COC)[C@@H](OCC(O)COCCCCOCC(O)COCC3OC(C)C(NC(C)=O)[C@@H](O[C@@H]4OC(C(=O)O)[C@@H](OC)[C@H](O)C4OCC(O)COCCCCOCC(O)COCC4OC(C)C(NC(C)=O)[C@@H](O[C@@H]5OC(C(=O)O)[C@@H](OC)[C@H](O)C5O)[C@@H]4O)[C@@H]3O)[C@H](O)C2O)[C@@H](O)[C@H](O)C1O. The van der Waals surface area contributed by atoms with Crippen LogP contribution in [0.1, 0.15) is 66.7 Å². The van der Waals surface area contributed by atoms with Crippen molar-refractivity contribution >= 4 is 23.8 Å². The molecule has 18 unspecified atom stereocenters. The number of aliphatic hydroxyl groups excluding tert-OH is 14. The van der Waals surface area contributed by atoms with E-state index in [0.29, 0.717) is 32.1 Å². The van der Waals surface area contributed by atoms with Gasteiger partial charge in [-0.25, -0.2) is 9.59 Å². The quantitative estimate of drug-likeness (QED) is 0.0252. The average Bonchev–Trinajstić information content (AvgIpc) is 0.782. The molecule has 0 aliphatic carbocycles. The fourth-order valence-electron chi connectivity index (χ4n) is 13.2. The molecule has 6 rings (SSSR count). The number of carboxylic acids is 2. The molecule has 0 aromatic rings. The molecule has 0 aromatic carbocycles. The monoisotopic (exact) mass is 1590 g/mol. The Labute approximate surface area is 630 Å². The molecule has 0 radical (unpaired) electrons. The van der Waals surface area contributed by atoms with Gasteiger partial charge < -0.3 is 187 Å². The van der Waals surface area contributed by atoms with Gasteiger partial charge in [0.2, 0.25) is 11.8 Å². The molecule has 6 heterocycles. The Bertz CT molecular complexity index is 2600. The van der Waals surface area contributed by atoms with Crippen LogP contribution in [0.3, 0.4) is 0 Å². The maximum atomic E-state index is 12.5. The lowest BCUT2D eigenvalue weighted by Crippen LogP contribution is -2.68. The maximum absolute atomic E-state index is 12.5. The van der Waals surface area contributed by atoms with Crippen LogP contribution < -0.4 is 10.6 Å². The van der Waals surface area contributed by atoms with Crippen molar-refractivity contribution in [2.24, 2.45) is 0 Å². The summed E-state index contributed by atoms with van der Waals surface area (Å²) in [5.41, 5.74) is 0. The third-order valence-corrected chi connectivity index (χ3v) is 19.0. The molecule has 0 aromatic heterocycles. The first-order valence-corrected chi connectivity index (χ1v) is 36.5. The number of hydrogen-bond acceptors (Lipinski definition) is 38. The van der Waals surface area contributed by atoms with Gasteiger partial charge >= 0.3 is 11.9 Å². The number of amides is 2.